The molecule has 0 aliphatic carbocycles. The smallest absolute Gasteiger partial charge is 0.275 e. The first-order valence-electron chi connectivity index (χ1n) is 5.36. The molecule has 20 heavy (non-hydrogen) atoms. The van der Waals surface area contributed by atoms with E-state index in [2.05, 4.69) is 9.97 Å². The highest BCUT2D eigenvalue weighted by atomic mass is 19.1. The van der Waals surface area contributed by atoms with Crippen LogP contribution in [0.25, 0.3) is 0 Å². The van der Waals surface area contributed by atoms with Crippen LogP contribution in [0, 0.1) is 34.2 Å². The standard InChI is InChI=1S/C12H7FN4O3/c1-7-2-11(9(13)3-10(7)17(18)19)20-12-6-15-8(4-14)5-16-12/h2-3,5-6H,1H3. The highest BCUT2D eigenvalue weighted by Crippen LogP contribution is 2.29. The predicted octanol–water partition coefficient (Wildman–Crippen LogP) is 2.50. The molecule has 0 unspecified atom stereocenters. The van der Waals surface area contributed by atoms with Crippen LogP contribution in [-0.2, 0) is 0 Å². The Kier molecular flexibility index (Phi) is 3.52. The van der Waals surface area contributed by atoms with Gasteiger partial charge in [0.2, 0.25) is 5.88 Å². The molecule has 1 aromatic heterocycles. The van der Waals surface area contributed by atoms with Crippen molar-refractivity contribution in [2.45, 2.75) is 6.92 Å². The van der Waals surface area contributed by atoms with Gasteiger partial charge in [0, 0.05) is 5.56 Å². The largest absolute Gasteiger partial charge is 0.434 e. The number of ether oxygens (including phenoxy) is 1. The lowest BCUT2D eigenvalue weighted by Crippen LogP contribution is -1.97. The van der Waals surface area contributed by atoms with Crippen LogP contribution in [0.3, 0.4) is 0 Å². The second kappa shape index (κ2) is 5.27. The average molecular weight is 274 g/mol. The van der Waals surface area contributed by atoms with Gasteiger partial charge in [0.25, 0.3) is 5.69 Å². The van der Waals surface area contributed by atoms with Crippen molar-refractivity contribution in [2.75, 3.05) is 0 Å². The Balaban J connectivity index is 2.31. The lowest BCUT2D eigenvalue weighted by molar-refractivity contribution is -0.385. The number of aromatic nitrogens is 2. The van der Waals surface area contributed by atoms with Gasteiger partial charge in [0.15, 0.2) is 17.3 Å². The maximum Gasteiger partial charge on any atom is 0.275 e. The second-order valence-electron chi connectivity index (χ2n) is 3.78. The van der Waals surface area contributed by atoms with Crippen LogP contribution < -0.4 is 4.74 Å². The molecule has 0 aliphatic rings. The summed E-state index contributed by atoms with van der Waals surface area (Å²) < 4.78 is 18.8. The summed E-state index contributed by atoms with van der Waals surface area (Å²) in [5, 5.41) is 19.2. The van der Waals surface area contributed by atoms with Crippen molar-refractivity contribution < 1.29 is 14.1 Å². The van der Waals surface area contributed by atoms with Crippen molar-refractivity contribution in [3.63, 3.8) is 0 Å². The third-order valence-corrected chi connectivity index (χ3v) is 2.40. The SMILES string of the molecule is Cc1cc(Oc2cnc(C#N)cn2)c(F)cc1[N+](=O)[O-]. The minimum absolute atomic E-state index is 0.0175. The summed E-state index contributed by atoms with van der Waals surface area (Å²) in [6.45, 7) is 1.47. The van der Waals surface area contributed by atoms with Gasteiger partial charge < -0.3 is 4.74 Å². The highest BCUT2D eigenvalue weighted by molar-refractivity contribution is 5.46. The molecule has 0 bridgehead atoms. The number of benzene rings is 1. The fourth-order valence-electron chi connectivity index (χ4n) is 1.46. The number of hydrogen-bond donors (Lipinski definition) is 0. The normalized spacial score (nSPS) is 9.85. The quantitative estimate of drug-likeness (QED) is 0.629. The summed E-state index contributed by atoms with van der Waals surface area (Å²) in [5.41, 5.74) is 0.0199. The van der Waals surface area contributed by atoms with Crippen molar-refractivity contribution >= 4 is 5.69 Å². The first-order valence-corrected chi connectivity index (χ1v) is 5.36. The van der Waals surface area contributed by atoms with Gasteiger partial charge in [-0.05, 0) is 13.0 Å². The van der Waals surface area contributed by atoms with Gasteiger partial charge in [0.05, 0.1) is 23.4 Å². The number of nitro groups is 1. The van der Waals surface area contributed by atoms with Crippen LogP contribution >= 0.6 is 0 Å². The van der Waals surface area contributed by atoms with E-state index in [1.807, 2.05) is 0 Å². The molecule has 0 spiro atoms. The van der Waals surface area contributed by atoms with Crippen LogP contribution in [-0.4, -0.2) is 14.9 Å². The van der Waals surface area contributed by atoms with Crippen molar-refractivity contribution in [2.24, 2.45) is 0 Å². The van der Waals surface area contributed by atoms with E-state index in [0.717, 1.165) is 12.3 Å². The van der Waals surface area contributed by atoms with Crippen LogP contribution in [0.4, 0.5) is 10.1 Å². The Labute approximate surface area is 112 Å². The van der Waals surface area contributed by atoms with Gasteiger partial charge >= 0.3 is 0 Å². The zero-order valence-electron chi connectivity index (χ0n) is 10.2. The Morgan fingerprint density at radius 2 is 2.15 bits per heavy atom. The van der Waals surface area contributed by atoms with Crippen molar-refractivity contribution in [1.29, 1.82) is 5.26 Å². The van der Waals surface area contributed by atoms with Gasteiger partial charge in [-0.25, -0.2) is 14.4 Å². The van der Waals surface area contributed by atoms with Gasteiger partial charge in [-0.3, -0.25) is 10.1 Å². The van der Waals surface area contributed by atoms with E-state index in [0.29, 0.717) is 0 Å². The number of nitro benzene ring substituents is 1. The summed E-state index contributed by atoms with van der Waals surface area (Å²) in [4.78, 5) is 17.5. The zero-order valence-corrected chi connectivity index (χ0v) is 10.2. The van der Waals surface area contributed by atoms with Crippen LogP contribution in [0.1, 0.15) is 11.3 Å². The lowest BCUT2D eigenvalue weighted by atomic mass is 10.2. The number of hydrogen-bond acceptors (Lipinski definition) is 6. The molecule has 0 amide bonds. The Bertz CT molecular complexity index is 710. The fraction of sp³-hybridized carbons (Fsp3) is 0.0833. The molecule has 2 aromatic rings. The minimum atomic E-state index is -0.881. The molecule has 8 heteroatoms. The molecule has 0 aliphatic heterocycles. The average Bonchev–Trinajstić information content (AvgIpc) is 2.43. The maximum absolute atomic E-state index is 13.7. The molecule has 0 fully saturated rings. The monoisotopic (exact) mass is 274 g/mol. The van der Waals surface area contributed by atoms with Gasteiger partial charge in [-0.1, -0.05) is 0 Å². The molecule has 0 atom stereocenters. The van der Waals surface area contributed by atoms with E-state index < -0.39 is 10.7 Å². The van der Waals surface area contributed by atoms with Gasteiger partial charge in [-0.15, -0.1) is 0 Å². The summed E-state index contributed by atoms with van der Waals surface area (Å²) >= 11 is 0. The van der Waals surface area contributed by atoms with Gasteiger partial charge in [0.1, 0.15) is 6.07 Å². The molecule has 1 heterocycles. The number of nitrogens with zero attached hydrogens (tertiary/aromatic N) is 4. The van der Waals surface area contributed by atoms with E-state index in [9.17, 15) is 14.5 Å². The molecule has 0 radical (unpaired) electrons. The molecule has 0 saturated heterocycles. The summed E-state index contributed by atoms with van der Waals surface area (Å²) in [7, 11) is 0. The Morgan fingerprint density at radius 1 is 1.40 bits per heavy atom. The van der Waals surface area contributed by atoms with Gasteiger partial charge in [-0.2, -0.15) is 5.26 Å². The van der Waals surface area contributed by atoms with Crippen molar-refractivity contribution in [3.8, 4) is 17.7 Å². The molecule has 2 rings (SSSR count). The molecule has 1 aromatic carbocycles. The van der Waals surface area contributed by atoms with Crippen molar-refractivity contribution in [1.82, 2.24) is 9.97 Å². The molecular formula is C12H7FN4O3. The molecule has 7 nitrogen and oxygen atoms in total. The fourth-order valence-corrected chi connectivity index (χ4v) is 1.46. The third kappa shape index (κ3) is 2.67. The number of aryl methyl sites for hydroxylation is 1. The van der Waals surface area contributed by atoms with E-state index in [1.165, 1.54) is 19.2 Å². The molecular weight excluding hydrogens is 267 g/mol. The first-order chi connectivity index (χ1) is 9.51. The van der Waals surface area contributed by atoms with E-state index in [1.54, 1.807) is 6.07 Å². The molecule has 0 saturated carbocycles. The maximum atomic E-state index is 13.7. The topological polar surface area (TPSA) is 102 Å². The number of rotatable bonds is 3. The Hall–Kier alpha value is -3.08. The van der Waals surface area contributed by atoms with E-state index in [-0.39, 0.29) is 28.6 Å². The zero-order chi connectivity index (χ0) is 14.7. The van der Waals surface area contributed by atoms with E-state index in [4.69, 9.17) is 10.00 Å². The van der Waals surface area contributed by atoms with Crippen molar-refractivity contribution in [3.05, 3.63) is 51.7 Å². The lowest BCUT2D eigenvalue weighted by Gasteiger charge is -2.06. The van der Waals surface area contributed by atoms with Crippen LogP contribution in [0.15, 0.2) is 24.5 Å². The number of nitriles is 1. The predicted molar refractivity (Wildman–Crippen MR) is 64.6 cm³/mol. The molecule has 100 valence electrons. The number of halogens is 1. The third-order valence-electron chi connectivity index (χ3n) is 2.40. The van der Waals surface area contributed by atoms with Crippen LogP contribution in [0.5, 0.6) is 11.6 Å². The Morgan fingerprint density at radius 3 is 2.70 bits per heavy atom. The summed E-state index contributed by atoms with van der Waals surface area (Å²) in [6.07, 6.45) is 2.33. The summed E-state index contributed by atoms with van der Waals surface area (Å²) in [5.74, 6) is -1.10. The summed E-state index contributed by atoms with van der Waals surface area (Å²) in [6, 6.07) is 3.76. The second-order valence-corrected chi connectivity index (χ2v) is 3.78. The molecule has 0 N–H and O–H groups in total. The highest BCUT2D eigenvalue weighted by Gasteiger charge is 2.17. The van der Waals surface area contributed by atoms with Crippen LogP contribution in [0.2, 0.25) is 0 Å². The first kappa shape index (κ1) is 13.4. The van der Waals surface area contributed by atoms with E-state index >= 15 is 0 Å². The minimum Gasteiger partial charge on any atom is -0.434 e.